The third-order valence-corrected chi connectivity index (χ3v) is 5.48. The molecule has 31 heavy (non-hydrogen) atoms. The van der Waals surface area contributed by atoms with Gasteiger partial charge in [0.25, 0.3) is 0 Å². The molecule has 4 N–H and O–H groups in total. The molecule has 4 rings (SSSR count). The lowest BCUT2D eigenvalue weighted by molar-refractivity contribution is 0.331. The summed E-state index contributed by atoms with van der Waals surface area (Å²) in [6.07, 6.45) is 4.32. The van der Waals surface area contributed by atoms with Gasteiger partial charge in [-0.3, -0.25) is 4.90 Å². The molecule has 0 radical (unpaired) electrons. The summed E-state index contributed by atoms with van der Waals surface area (Å²) in [7, 11) is 0. The maximum Gasteiger partial charge on any atom is 0.187 e. The van der Waals surface area contributed by atoms with Gasteiger partial charge in [0.1, 0.15) is 5.82 Å². The Morgan fingerprint density at radius 2 is 1.81 bits per heavy atom. The standard InChI is InChI=1S/C23H24ClN7/c24-19-4-3-5-20(13-19)28-23(29-30-26)21-12-18(14-27-22(21)25)17-8-6-16(7-9-17)15-31-10-1-2-11-31/h3-9,12-14H,1-2,10-11,15H2,(H2,25,27)(H2,26,28,29). The molecule has 1 aliphatic heterocycles. The van der Waals surface area contributed by atoms with E-state index < -0.39 is 0 Å². The molecule has 3 aromatic rings. The van der Waals surface area contributed by atoms with Gasteiger partial charge in [-0.25, -0.2) is 9.98 Å². The van der Waals surface area contributed by atoms with Crippen molar-refractivity contribution in [1.82, 2.24) is 9.88 Å². The fourth-order valence-electron chi connectivity index (χ4n) is 3.67. The number of nitrogens with zero attached hydrogens (tertiary/aromatic N) is 5. The Kier molecular flexibility index (Phi) is 6.54. The van der Waals surface area contributed by atoms with Crippen LogP contribution in [0.1, 0.15) is 24.0 Å². The SMILES string of the molecule is NN=NC(=Nc1cccc(Cl)c1)c1cc(-c2ccc(CN3CCCC3)cc2)cnc1N. The van der Waals surface area contributed by atoms with Crippen molar-refractivity contribution >= 4 is 28.9 Å². The van der Waals surface area contributed by atoms with E-state index in [1.807, 2.05) is 12.1 Å². The third kappa shape index (κ3) is 5.25. The van der Waals surface area contributed by atoms with E-state index in [-0.39, 0.29) is 5.84 Å². The molecular formula is C23H24ClN7. The van der Waals surface area contributed by atoms with Crippen molar-refractivity contribution in [2.75, 3.05) is 18.8 Å². The van der Waals surface area contributed by atoms with E-state index in [1.54, 1.807) is 24.4 Å². The first-order valence-corrected chi connectivity index (χ1v) is 10.5. The number of nitrogen functional groups attached to an aromatic ring is 1. The van der Waals surface area contributed by atoms with Crippen LogP contribution in [0.2, 0.25) is 5.02 Å². The van der Waals surface area contributed by atoms with Gasteiger partial charge in [0.05, 0.1) is 11.3 Å². The van der Waals surface area contributed by atoms with Crippen molar-refractivity contribution in [2.24, 2.45) is 21.2 Å². The normalized spacial score (nSPS) is 15.1. The van der Waals surface area contributed by atoms with E-state index in [0.717, 1.165) is 17.7 Å². The smallest absolute Gasteiger partial charge is 0.187 e. The number of anilines is 1. The van der Waals surface area contributed by atoms with Crippen LogP contribution in [-0.4, -0.2) is 28.8 Å². The predicted octanol–water partition coefficient (Wildman–Crippen LogP) is 4.98. The van der Waals surface area contributed by atoms with Crippen LogP contribution in [0, 0.1) is 0 Å². The summed E-state index contributed by atoms with van der Waals surface area (Å²) < 4.78 is 0. The summed E-state index contributed by atoms with van der Waals surface area (Å²) in [6.45, 7) is 3.34. The summed E-state index contributed by atoms with van der Waals surface area (Å²) in [5.41, 5.74) is 10.5. The highest BCUT2D eigenvalue weighted by Gasteiger charge is 2.13. The molecule has 0 amide bonds. The monoisotopic (exact) mass is 433 g/mol. The van der Waals surface area contributed by atoms with Crippen molar-refractivity contribution < 1.29 is 0 Å². The Bertz CT molecular complexity index is 1100. The number of amidine groups is 1. The molecule has 1 fully saturated rings. The number of halogens is 1. The minimum absolute atomic E-state index is 0.266. The van der Waals surface area contributed by atoms with Crippen LogP contribution in [0.15, 0.2) is 76.1 Å². The Morgan fingerprint density at radius 1 is 1.03 bits per heavy atom. The number of aromatic nitrogens is 1. The molecule has 0 unspecified atom stereocenters. The molecule has 2 aromatic carbocycles. The molecule has 0 saturated carbocycles. The quantitative estimate of drug-likeness (QED) is 0.194. The Labute approximate surface area is 186 Å². The lowest BCUT2D eigenvalue weighted by Crippen LogP contribution is -2.18. The summed E-state index contributed by atoms with van der Waals surface area (Å²) in [5.74, 6) is 5.88. The average Bonchev–Trinajstić information content (AvgIpc) is 3.28. The summed E-state index contributed by atoms with van der Waals surface area (Å²) in [4.78, 5) is 11.3. The highest BCUT2D eigenvalue weighted by atomic mass is 35.5. The topological polar surface area (TPSA) is 105 Å². The van der Waals surface area contributed by atoms with E-state index in [9.17, 15) is 0 Å². The summed E-state index contributed by atoms with van der Waals surface area (Å²) in [5, 5.41) is 7.95. The second kappa shape index (κ2) is 9.68. The zero-order valence-corrected chi connectivity index (χ0v) is 17.8. The van der Waals surface area contributed by atoms with Gasteiger partial charge in [-0.05, 0) is 61.3 Å². The fraction of sp³-hybridized carbons (Fsp3) is 0.217. The van der Waals surface area contributed by atoms with Gasteiger partial charge in [0, 0.05) is 23.3 Å². The Balaban J connectivity index is 1.64. The molecule has 1 aromatic heterocycles. The van der Waals surface area contributed by atoms with Gasteiger partial charge in [-0.1, -0.05) is 47.2 Å². The molecule has 158 valence electrons. The highest BCUT2D eigenvalue weighted by molar-refractivity contribution is 6.30. The zero-order valence-electron chi connectivity index (χ0n) is 17.1. The van der Waals surface area contributed by atoms with Crippen LogP contribution >= 0.6 is 11.6 Å². The van der Waals surface area contributed by atoms with E-state index in [1.165, 1.54) is 31.5 Å². The van der Waals surface area contributed by atoms with E-state index >= 15 is 0 Å². The van der Waals surface area contributed by atoms with Crippen LogP contribution in [-0.2, 0) is 6.54 Å². The second-order valence-corrected chi connectivity index (χ2v) is 7.90. The summed E-state index contributed by atoms with van der Waals surface area (Å²) in [6, 6.07) is 17.5. The van der Waals surface area contributed by atoms with Crippen molar-refractivity contribution in [3.8, 4) is 11.1 Å². The lowest BCUT2D eigenvalue weighted by Gasteiger charge is -2.15. The van der Waals surface area contributed by atoms with Gasteiger partial charge in [-0.2, -0.15) is 0 Å². The Hall–Kier alpha value is -3.29. The number of hydrogen-bond acceptors (Lipinski definition) is 5. The van der Waals surface area contributed by atoms with Crippen molar-refractivity contribution in [3.63, 3.8) is 0 Å². The number of pyridine rings is 1. The van der Waals surface area contributed by atoms with Crippen LogP contribution in [0.25, 0.3) is 11.1 Å². The lowest BCUT2D eigenvalue weighted by atomic mass is 10.0. The first-order chi connectivity index (χ1) is 15.1. The molecule has 1 saturated heterocycles. The predicted molar refractivity (Wildman–Crippen MR) is 125 cm³/mol. The molecule has 0 aliphatic carbocycles. The first kappa shape index (κ1) is 21.0. The minimum Gasteiger partial charge on any atom is -0.383 e. The highest BCUT2D eigenvalue weighted by Crippen LogP contribution is 2.26. The third-order valence-electron chi connectivity index (χ3n) is 5.25. The van der Waals surface area contributed by atoms with Gasteiger partial charge >= 0.3 is 0 Å². The number of nitrogens with two attached hydrogens (primary N) is 2. The summed E-state index contributed by atoms with van der Waals surface area (Å²) >= 11 is 6.07. The van der Waals surface area contributed by atoms with Gasteiger partial charge in [0.2, 0.25) is 0 Å². The van der Waals surface area contributed by atoms with Gasteiger partial charge in [0.15, 0.2) is 5.84 Å². The minimum atomic E-state index is 0.266. The number of aliphatic imine (C=N–C) groups is 1. The van der Waals surface area contributed by atoms with Crippen molar-refractivity contribution in [1.29, 1.82) is 0 Å². The molecule has 8 heteroatoms. The second-order valence-electron chi connectivity index (χ2n) is 7.47. The molecular weight excluding hydrogens is 410 g/mol. The van der Waals surface area contributed by atoms with E-state index in [4.69, 9.17) is 23.2 Å². The van der Waals surface area contributed by atoms with Crippen LogP contribution < -0.4 is 11.6 Å². The largest absolute Gasteiger partial charge is 0.383 e. The van der Waals surface area contributed by atoms with Gasteiger partial charge in [-0.15, -0.1) is 5.11 Å². The molecule has 2 heterocycles. The molecule has 1 aliphatic rings. The fourth-order valence-corrected chi connectivity index (χ4v) is 3.86. The molecule has 0 atom stereocenters. The average molecular weight is 434 g/mol. The maximum absolute atomic E-state index is 6.13. The van der Waals surface area contributed by atoms with Crippen LogP contribution in [0.5, 0.6) is 0 Å². The number of benzene rings is 2. The van der Waals surface area contributed by atoms with Crippen molar-refractivity contribution in [2.45, 2.75) is 19.4 Å². The first-order valence-electron chi connectivity index (χ1n) is 10.1. The number of rotatable bonds is 5. The van der Waals surface area contributed by atoms with Crippen molar-refractivity contribution in [3.05, 3.63) is 76.9 Å². The van der Waals surface area contributed by atoms with Crippen LogP contribution in [0.3, 0.4) is 0 Å². The van der Waals surface area contributed by atoms with Crippen LogP contribution in [0.4, 0.5) is 11.5 Å². The molecule has 0 spiro atoms. The number of hydrogen-bond donors (Lipinski definition) is 2. The van der Waals surface area contributed by atoms with E-state index in [0.29, 0.717) is 22.1 Å². The molecule has 0 bridgehead atoms. The van der Waals surface area contributed by atoms with E-state index in [2.05, 4.69) is 49.5 Å². The maximum atomic E-state index is 6.13. The molecule has 7 nitrogen and oxygen atoms in total. The number of likely N-dealkylation sites (tertiary alicyclic amines) is 1. The zero-order chi connectivity index (χ0) is 21.6. The van der Waals surface area contributed by atoms with Gasteiger partial charge < -0.3 is 11.6 Å². The Morgan fingerprint density at radius 3 is 2.52 bits per heavy atom.